The van der Waals surface area contributed by atoms with Gasteiger partial charge in [-0.25, -0.2) is 9.78 Å². The first-order valence-electron chi connectivity index (χ1n) is 5.01. The van der Waals surface area contributed by atoms with Crippen LogP contribution in [0.3, 0.4) is 0 Å². The molecule has 2 rings (SSSR count). The molecular formula is C12H11NO2S2. The molecule has 2 heterocycles. The lowest BCUT2D eigenvalue weighted by atomic mass is 10.2. The molecule has 1 N–H and O–H groups in total. The molecule has 0 aromatic carbocycles. The Morgan fingerprint density at radius 2 is 2.29 bits per heavy atom. The molecule has 0 aliphatic heterocycles. The highest BCUT2D eigenvalue weighted by atomic mass is 32.1. The molecule has 2 aromatic heterocycles. The topological polar surface area (TPSA) is 50.2 Å². The molecule has 0 aliphatic carbocycles. The van der Waals surface area contributed by atoms with E-state index in [2.05, 4.69) is 4.98 Å². The maximum atomic E-state index is 10.7. The SMILES string of the molecule is C/C(=C\C(=O)O)c1sc(C)nc1-c1cccs1. The van der Waals surface area contributed by atoms with E-state index in [-0.39, 0.29) is 0 Å². The Labute approximate surface area is 107 Å². The van der Waals surface area contributed by atoms with Gasteiger partial charge in [0.2, 0.25) is 0 Å². The van der Waals surface area contributed by atoms with Gasteiger partial charge in [-0.3, -0.25) is 0 Å². The smallest absolute Gasteiger partial charge is 0.328 e. The highest BCUT2D eigenvalue weighted by Crippen LogP contribution is 2.35. The van der Waals surface area contributed by atoms with Gasteiger partial charge in [0, 0.05) is 6.08 Å². The van der Waals surface area contributed by atoms with Gasteiger partial charge in [-0.1, -0.05) is 6.07 Å². The summed E-state index contributed by atoms with van der Waals surface area (Å²) in [6.07, 6.45) is 1.23. The number of allylic oxidation sites excluding steroid dienone is 1. The largest absolute Gasteiger partial charge is 0.478 e. The molecule has 0 amide bonds. The van der Waals surface area contributed by atoms with Crippen molar-refractivity contribution < 1.29 is 9.90 Å². The van der Waals surface area contributed by atoms with Crippen molar-refractivity contribution in [2.24, 2.45) is 0 Å². The summed E-state index contributed by atoms with van der Waals surface area (Å²) in [6.45, 7) is 3.73. The first-order valence-corrected chi connectivity index (χ1v) is 6.70. The van der Waals surface area contributed by atoms with Crippen LogP contribution < -0.4 is 0 Å². The average molecular weight is 265 g/mol. The first kappa shape index (κ1) is 12.0. The second kappa shape index (κ2) is 4.81. The molecule has 88 valence electrons. The Kier molecular flexibility index (Phi) is 3.40. The van der Waals surface area contributed by atoms with Crippen LogP contribution in [0.4, 0.5) is 0 Å². The highest BCUT2D eigenvalue weighted by Gasteiger charge is 2.14. The summed E-state index contributed by atoms with van der Waals surface area (Å²) in [5, 5.41) is 11.7. The fourth-order valence-corrected chi connectivity index (χ4v) is 3.21. The molecule has 17 heavy (non-hydrogen) atoms. The van der Waals surface area contributed by atoms with Crippen LogP contribution in [0.1, 0.15) is 16.8 Å². The number of carbonyl (C=O) groups is 1. The lowest BCUT2D eigenvalue weighted by Gasteiger charge is -1.99. The third-order valence-electron chi connectivity index (χ3n) is 2.19. The Morgan fingerprint density at radius 1 is 1.53 bits per heavy atom. The van der Waals surface area contributed by atoms with Crippen molar-refractivity contribution in [3.8, 4) is 10.6 Å². The van der Waals surface area contributed by atoms with Gasteiger partial charge in [-0.15, -0.1) is 22.7 Å². The summed E-state index contributed by atoms with van der Waals surface area (Å²) in [5.74, 6) is -0.925. The molecule has 0 atom stereocenters. The quantitative estimate of drug-likeness (QED) is 0.861. The van der Waals surface area contributed by atoms with Crippen molar-refractivity contribution in [2.75, 3.05) is 0 Å². The Balaban J connectivity index is 2.52. The molecule has 0 spiro atoms. The van der Waals surface area contributed by atoms with Crippen molar-refractivity contribution in [1.82, 2.24) is 4.98 Å². The summed E-state index contributed by atoms with van der Waals surface area (Å²) >= 11 is 3.14. The minimum Gasteiger partial charge on any atom is -0.478 e. The third-order valence-corrected chi connectivity index (χ3v) is 4.17. The summed E-state index contributed by atoms with van der Waals surface area (Å²) in [6, 6.07) is 3.96. The fourth-order valence-electron chi connectivity index (χ4n) is 1.53. The minimum absolute atomic E-state index is 0.742. The Morgan fingerprint density at radius 3 is 2.88 bits per heavy atom. The van der Waals surface area contributed by atoms with Crippen molar-refractivity contribution in [2.45, 2.75) is 13.8 Å². The summed E-state index contributed by atoms with van der Waals surface area (Å²) in [5.41, 5.74) is 1.63. The molecule has 0 unspecified atom stereocenters. The number of carboxylic acid groups (broad SMARTS) is 1. The maximum absolute atomic E-state index is 10.7. The number of hydrogen-bond donors (Lipinski definition) is 1. The van der Waals surface area contributed by atoms with Gasteiger partial charge in [0.05, 0.1) is 20.5 Å². The van der Waals surface area contributed by atoms with Crippen molar-refractivity contribution in [3.05, 3.63) is 33.5 Å². The lowest BCUT2D eigenvalue weighted by molar-refractivity contribution is -0.131. The third kappa shape index (κ3) is 2.62. The van der Waals surface area contributed by atoms with Crippen LogP contribution >= 0.6 is 22.7 Å². The van der Waals surface area contributed by atoms with Gasteiger partial charge < -0.3 is 5.11 Å². The molecule has 0 bridgehead atoms. The van der Waals surface area contributed by atoms with Crippen LogP contribution in [0.5, 0.6) is 0 Å². The predicted octanol–water partition coefficient (Wildman–Crippen LogP) is 3.67. The predicted molar refractivity (Wildman–Crippen MR) is 71.5 cm³/mol. The molecular weight excluding hydrogens is 254 g/mol. The summed E-state index contributed by atoms with van der Waals surface area (Å²) in [4.78, 5) is 17.2. The van der Waals surface area contributed by atoms with Gasteiger partial charge in [0.1, 0.15) is 0 Å². The van der Waals surface area contributed by atoms with E-state index in [9.17, 15) is 4.79 Å². The zero-order valence-corrected chi connectivity index (χ0v) is 11.1. The number of aliphatic carboxylic acids is 1. The van der Waals surface area contributed by atoms with E-state index in [1.807, 2.05) is 24.4 Å². The van der Waals surface area contributed by atoms with Crippen molar-refractivity contribution in [3.63, 3.8) is 0 Å². The van der Waals surface area contributed by atoms with Crippen LogP contribution in [0.25, 0.3) is 16.1 Å². The Bertz CT molecular complexity index is 567. The van der Waals surface area contributed by atoms with Gasteiger partial charge >= 0.3 is 5.97 Å². The van der Waals surface area contributed by atoms with Crippen LogP contribution in [0.15, 0.2) is 23.6 Å². The molecule has 2 aromatic rings. The standard InChI is InChI=1S/C12H11NO2S2/c1-7(6-10(14)15)12-11(13-8(2)17-12)9-4-3-5-16-9/h3-6H,1-2H3,(H,14,15)/b7-6+. The number of thiazole rings is 1. The van der Waals surface area contributed by atoms with Gasteiger partial charge in [-0.2, -0.15) is 0 Å². The van der Waals surface area contributed by atoms with Gasteiger partial charge in [-0.05, 0) is 30.9 Å². The normalized spacial score (nSPS) is 11.8. The number of aromatic nitrogens is 1. The zero-order chi connectivity index (χ0) is 12.4. The molecule has 0 saturated heterocycles. The fraction of sp³-hybridized carbons (Fsp3) is 0.167. The van der Waals surface area contributed by atoms with Crippen LogP contribution in [0.2, 0.25) is 0 Å². The first-order chi connectivity index (χ1) is 8.08. The van der Waals surface area contributed by atoms with Crippen LogP contribution in [0, 0.1) is 6.92 Å². The Hall–Kier alpha value is -1.46. The number of nitrogens with zero attached hydrogens (tertiary/aromatic N) is 1. The van der Waals surface area contributed by atoms with E-state index in [0.717, 1.165) is 26.0 Å². The molecule has 3 nitrogen and oxygen atoms in total. The van der Waals surface area contributed by atoms with E-state index < -0.39 is 5.97 Å². The molecule has 0 radical (unpaired) electrons. The van der Waals surface area contributed by atoms with Crippen LogP contribution in [-0.4, -0.2) is 16.1 Å². The summed E-state index contributed by atoms with van der Waals surface area (Å²) < 4.78 is 0. The molecule has 0 aliphatic rings. The number of aryl methyl sites for hydroxylation is 1. The number of hydrogen-bond acceptors (Lipinski definition) is 4. The van der Waals surface area contributed by atoms with Crippen molar-refractivity contribution >= 4 is 34.2 Å². The molecule has 0 fully saturated rings. The zero-order valence-electron chi connectivity index (χ0n) is 9.43. The van der Waals surface area contributed by atoms with Gasteiger partial charge in [0.25, 0.3) is 0 Å². The van der Waals surface area contributed by atoms with Crippen molar-refractivity contribution in [1.29, 1.82) is 0 Å². The summed E-state index contributed by atoms with van der Waals surface area (Å²) in [7, 11) is 0. The minimum atomic E-state index is -0.925. The number of rotatable bonds is 3. The number of thiophene rings is 1. The molecule has 5 heteroatoms. The van der Waals surface area contributed by atoms with E-state index in [0.29, 0.717) is 0 Å². The monoisotopic (exact) mass is 265 g/mol. The maximum Gasteiger partial charge on any atom is 0.328 e. The van der Waals surface area contributed by atoms with E-state index in [1.165, 1.54) is 17.4 Å². The van der Waals surface area contributed by atoms with Gasteiger partial charge in [0.15, 0.2) is 0 Å². The number of carboxylic acids is 1. The van der Waals surface area contributed by atoms with E-state index in [1.54, 1.807) is 18.3 Å². The second-order valence-electron chi connectivity index (χ2n) is 3.55. The molecule has 0 saturated carbocycles. The van der Waals surface area contributed by atoms with Crippen LogP contribution in [-0.2, 0) is 4.79 Å². The highest BCUT2D eigenvalue weighted by molar-refractivity contribution is 7.15. The average Bonchev–Trinajstić information content (AvgIpc) is 2.83. The lowest BCUT2D eigenvalue weighted by Crippen LogP contribution is -1.89. The second-order valence-corrected chi connectivity index (χ2v) is 5.70. The van der Waals surface area contributed by atoms with E-state index >= 15 is 0 Å². The van der Waals surface area contributed by atoms with E-state index in [4.69, 9.17) is 5.11 Å².